The third-order valence-corrected chi connectivity index (χ3v) is 3.62. The highest BCUT2D eigenvalue weighted by Crippen LogP contribution is 2.27. The number of fused-ring (bicyclic) bond motifs is 1. The van der Waals surface area contributed by atoms with Crippen LogP contribution in [0.1, 0.15) is 25.0 Å². The number of carboxylic acids is 1. The molecule has 0 unspecified atom stereocenters. The van der Waals surface area contributed by atoms with Gasteiger partial charge in [0.15, 0.2) is 6.61 Å². The SMILES string of the molecule is CCc1cc2c(C)cc(=O)oc2cc1OCC(=O)N[C@H](C)C(=O)O. The Morgan fingerprint density at radius 1 is 1.33 bits per heavy atom. The number of aryl methyl sites for hydroxylation is 2. The molecule has 0 aliphatic rings. The van der Waals surface area contributed by atoms with Crippen molar-refractivity contribution in [3.8, 4) is 5.75 Å². The van der Waals surface area contributed by atoms with Crippen LogP contribution in [-0.2, 0) is 16.0 Å². The van der Waals surface area contributed by atoms with Crippen LogP contribution in [0.2, 0.25) is 0 Å². The molecular formula is C17H19NO6. The summed E-state index contributed by atoms with van der Waals surface area (Å²) in [7, 11) is 0. The van der Waals surface area contributed by atoms with Crippen LogP contribution < -0.4 is 15.7 Å². The van der Waals surface area contributed by atoms with Gasteiger partial charge < -0.3 is 19.6 Å². The maximum Gasteiger partial charge on any atom is 0.336 e. The molecule has 128 valence electrons. The number of amides is 1. The predicted molar refractivity (Wildman–Crippen MR) is 87.3 cm³/mol. The van der Waals surface area contributed by atoms with Crippen molar-refractivity contribution in [1.82, 2.24) is 5.32 Å². The lowest BCUT2D eigenvalue weighted by atomic mass is 10.1. The third-order valence-electron chi connectivity index (χ3n) is 3.62. The Hall–Kier alpha value is -2.83. The Morgan fingerprint density at radius 2 is 2.04 bits per heavy atom. The van der Waals surface area contributed by atoms with E-state index < -0.39 is 23.5 Å². The van der Waals surface area contributed by atoms with Gasteiger partial charge in [-0.25, -0.2) is 4.79 Å². The summed E-state index contributed by atoms with van der Waals surface area (Å²) < 4.78 is 10.7. The first-order valence-corrected chi connectivity index (χ1v) is 7.54. The van der Waals surface area contributed by atoms with Crippen molar-refractivity contribution < 1.29 is 23.8 Å². The van der Waals surface area contributed by atoms with Crippen LogP contribution in [0.15, 0.2) is 27.4 Å². The van der Waals surface area contributed by atoms with Crippen LogP contribution >= 0.6 is 0 Å². The zero-order valence-electron chi connectivity index (χ0n) is 13.7. The van der Waals surface area contributed by atoms with Crippen LogP contribution in [0.5, 0.6) is 5.75 Å². The molecule has 0 aliphatic heterocycles. The molecule has 7 heteroatoms. The van der Waals surface area contributed by atoms with Gasteiger partial charge in [-0.05, 0) is 37.5 Å². The minimum Gasteiger partial charge on any atom is -0.483 e. The number of ether oxygens (including phenoxy) is 1. The molecule has 1 heterocycles. The Labute approximate surface area is 138 Å². The summed E-state index contributed by atoms with van der Waals surface area (Å²) in [5.41, 5.74) is 1.59. The van der Waals surface area contributed by atoms with Crippen molar-refractivity contribution >= 4 is 22.8 Å². The van der Waals surface area contributed by atoms with Crippen molar-refractivity contribution in [2.24, 2.45) is 0 Å². The van der Waals surface area contributed by atoms with Gasteiger partial charge in [0.25, 0.3) is 5.91 Å². The molecule has 1 aromatic heterocycles. The Kier molecular flexibility index (Phi) is 5.23. The van der Waals surface area contributed by atoms with Crippen molar-refractivity contribution in [3.63, 3.8) is 0 Å². The molecule has 2 N–H and O–H groups in total. The summed E-state index contributed by atoms with van der Waals surface area (Å²) in [4.78, 5) is 33.9. The molecule has 0 spiro atoms. The molecule has 7 nitrogen and oxygen atoms in total. The summed E-state index contributed by atoms with van der Waals surface area (Å²) in [5.74, 6) is -1.24. The Balaban J connectivity index is 2.23. The van der Waals surface area contributed by atoms with E-state index >= 15 is 0 Å². The van der Waals surface area contributed by atoms with E-state index in [0.29, 0.717) is 17.8 Å². The largest absolute Gasteiger partial charge is 0.483 e. The van der Waals surface area contributed by atoms with Crippen LogP contribution in [0.4, 0.5) is 0 Å². The number of aliphatic carboxylic acids is 1. The molecule has 1 aromatic carbocycles. The van der Waals surface area contributed by atoms with Crippen LogP contribution in [-0.4, -0.2) is 29.6 Å². The van der Waals surface area contributed by atoms with Crippen LogP contribution in [0.25, 0.3) is 11.0 Å². The predicted octanol–water partition coefficient (Wildman–Crippen LogP) is 1.63. The molecular weight excluding hydrogens is 314 g/mol. The summed E-state index contributed by atoms with van der Waals surface area (Å²) in [5, 5.41) is 11.9. The zero-order valence-corrected chi connectivity index (χ0v) is 13.7. The van der Waals surface area contributed by atoms with Gasteiger partial charge in [-0.15, -0.1) is 0 Å². The third kappa shape index (κ3) is 3.92. The topological polar surface area (TPSA) is 106 Å². The number of carbonyl (C=O) groups is 2. The van der Waals surface area contributed by atoms with Crippen LogP contribution in [0, 0.1) is 6.92 Å². The first-order valence-electron chi connectivity index (χ1n) is 7.54. The molecule has 0 aliphatic carbocycles. The fraction of sp³-hybridized carbons (Fsp3) is 0.353. The molecule has 1 atom stereocenters. The first-order chi connectivity index (χ1) is 11.3. The van der Waals surface area contributed by atoms with E-state index in [1.807, 2.05) is 19.9 Å². The molecule has 0 saturated carbocycles. The smallest absolute Gasteiger partial charge is 0.336 e. The second kappa shape index (κ2) is 7.16. The number of rotatable bonds is 6. The van der Waals surface area contributed by atoms with Gasteiger partial charge in [-0.3, -0.25) is 9.59 Å². The van der Waals surface area contributed by atoms with Gasteiger partial charge in [-0.1, -0.05) is 6.92 Å². The molecule has 0 saturated heterocycles. The molecule has 2 aromatic rings. The maximum absolute atomic E-state index is 11.7. The maximum atomic E-state index is 11.7. The molecule has 24 heavy (non-hydrogen) atoms. The van der Waals surface area contributed by atoms with Gasteiger partial charge in [0.1, 0.15) is 17.4 Å². The highest BCUT2D eigenvalue weighted by atomic mass is 16.5. The van der Waals surface area contributed by atoms with Gasteiger partial charge in [-0.2, -0.15) is 0 Å². The summed E-state index contributed by atoms with van der Waals surface area (Å²) in [6.07, 6.45) is 0.664. The highest BCUT2D eigenvalue weighted by molar-refractivity contribution is 5.85. The number of hydrogen-bond acceptors (Lipinski definition) is 5. The molecule has 0 radical (unpaired) electrons. The molecule has 1 amide bonds. The Morgan fingerprint density at radius 3 is 2.67 bits per heavy atom. The van der Waals surface area contributed by atoms with Crippen molar-refractivity contribution in [2.75, 3.05) is 6.61 Å². The van der Waals surface area contributed by atoms with Gasteiger partial charge in [0.2, 0.25) is 0 Å². The standard InChI is InChI=1S/C17H19NO6/c1-4-11-6-12-9(2)5-16(20)24-14(12)7-13(11)23-8-15(19)18-10(3)17(21)22/h5-7,10H,4,8H2,1-3H3,(H,18,19)(H,21,22)/t10-/m1/s1. The van der Waals surface area contributed by atoms with E-state index in [2.05, 4.69) is 5.32 Å². The van der Waals surface area contributed by atoms with E-state index in [0.717, 1.165) is 16.5 Å². The second-order valence-corrected chi connectivity index (χ2v) is 5.47. The number of carbonyl (C=O) groups excluding carboxylic acids is 1. The lowest BCUT2D eigenvalue weighted by Crippen LogP contribution is -2.40. The molecule has 0 bridgehead atoms. The minimum absolute atomic E-state index is 0.327. The van der Waals surface area contributed by atoms with Gasteiger partial charge in [0, 0.05) is 17.5 Å². The molecule has 0 fully saturated rings. The fourth-order valence-electron chi connectivity index (χ4n) is 2.29. The minimum atomic E-state index is -1.12. The number of nitrogens with one attached hydrogen (secondary N) is 1. The van der Waals surface area contributed by atoms with E-state index in [9.17, 15) is 14.4 Å². The van der Waals surface area contributed by atoms with Crippen molar-refractivity contribution in [1.29, 1.82) is 0 Å². The van der Waals surface area contributed by atoms with Crippen molar-refractivity contribution in [2.45, 2.75) is 33.2 Å². The summed E-state index contributed by atoms with van der Waals surface area (Å²) in [6, 6.07) is 3.87. The number of carboxylic acid groups (broad SMARTS) is 1. The number of benzene rings is 1. The van der Waals surface area contributed by atoms with Gasteiger partial charge in [0.05, 0.1) is 0 Å². The number of hydrogen-bond donors (Lipinski definition) is 2. The normalized spacial score (nSPS) is 12.0. The zero-order chi connectivity index (χ0) is 17.9. The molecule has 2 rings (SSSR count). The van der Waals surface area contributed by atoms with Gasteiger partial charge >= 0.3 is 11.6 Å². The van der Waals surface area contributed by atoms with E-state index in [1.54, 1.807) is 6.07 Å². The summed E-state index contributed by atoms with van der Waals surface area (Å²) in [6.45, 7) is 4.80. The van der Waals surface area contributed by atoms with Crippen molar-refractivity contribution in [3.05, 3.63) is 39.7 Å². The lowest BCUT2D eigenvalue weighted by molar-refractivity contribution is -0.141. The highest BCUT2D eigenvalue weighted by Gasteiger charge is 2.15. The fourth-order valence-corrected chi connectivity index (χ4v) is 2.29. The van der Waals surface area contributed by atoms with E-state index in [4.69, 9.17) is 14.3 Å². The average molecular weight is 333 g/mol. The second-order valence-electron chi connectivity index (χ2n) is 5.47. The first kappa shape index (κ1) is 17.5. The Bertz CT molecular complexity index is 839. The summed E-state index contributed by atoms with van der Waals surface area (Å²) >= 11 is 0. The quantitative estimate of drug-likeness (QED) is 0.778. The monoisotopic (exact) mass is 333 g/mol. The van der Waals surface area contributed by atoms with Crippen LogP contribution in [0.3, 0.4) is 0 Å². The van der Waals surface area contributed by atoms with E-state index in [-0.39, 0.29) is 6.61 Å². The average Bonchev–Trinajstić information content (AvgIpc) is 2.51. The lowest BCUT2D eigenvalue weighted by Gasteiger charge is -2.13. The van der Waals surface area contributed by atoms with E-state index in [1.165, 1.54) is 13.0 Å².